The largest absolute Gasteiger partial charge is 0.492 e. The standard InChI is InChI=1S/C22H19ClN2O2/c23-19-3-1-2-16(13-19)12-18-5-4-17-14-20(6-7-21(17)22(18)26)27-11-10-25-9-8-24-15-25/h1-3,6-9,12-15H,4-5,10-11H2. The lowest BCUT2D eigenvalue weighted by molar-refractivity contribution is 0.102. The maximum Gasteiger partial charge on any atom is 0.189 e. The monoisotopic (exact) mass is 378 g/mol. The molecule has 0 N–H and O–H groups in total. The Balaban J connectivity index is 1.47. The quantitative estimate of drug-likeness (QED) is 0.597. The van der Waals surface area contributed by atoms with Crippen molar-refractivity contribution in [1.82, 2.24) is 9.55 Å². The molecule has 0 spiro atoms. The first kappa shape index (κ1) is 17.6. The molecule has 2 aromatic carbocycles. The Bertz CT molecular complexity index is 993. The number of ether oxygens (including phenoxy) is 1. The van der Waals surface area contributed by atoms with Gasteiger partial charge in [-0.25, -0.2) is 4.98 Å². The van der Waals surface area contributed by atoms with Gasteiger partial charge in [-0.2, -0.15) is 0 Å². The lowest BCUT2D eigenvalue weighted by Gasteiger charge is -2.19. The van der Waals surface area contributed by atoms with E-state index in [0.29, 0.717) is 11.6 Å². The summed E-state index contributed by atoms with van der Waals surface area (Å²) in [5.41, 5.74) is 3.58. The van der Waals surface area contributed by atoms with Crippen LogP contribution in [0.25, 0.3) is 6.08 Å². The number of carbonyl (C=O) groups excluding carboxylic acids is 1. The van der Waals surface area contributed by atoms with Crippen molar-refractivity contribution in [3.63, 3.8) is 0 Å². The van der Waals surface area contributed by atoms with Crippen LogP contribution >= 0.6 is 11.6 Å². The number of Topliss-reactive ketones (excluding diaryl/α,β-unsaturated/α-hetero) is 1. The van der Waals surface area contributed by atoms with Gasteiger partial charge < -0.3 is 9.30 Å². The van der Waals surface area contributed by atoms with Gasteiger partial charge in [-0.15, -0.1) is 0 Å². The fourth-order valence-electron chi connectivity index (χ4n) is 3.27. The predicted molar refractivity (Wildman–Crippen MR) is 106 cm³/mol. The van der Waals surface area contributed by atoms with Crippen LogP contribution in [0.2, 0.25) is 5.02 Å². The Kier molecular flexibility index (Phi) is 5.07. The molecule has 0 atom stereocenters. The SMILES string of the molecule is O=C1C(=Cc2cccc(Cl)c2)CCc2cc(OCCn3ccnc3)ccc21. The molecule has 0 amide bonds. The summed E-state index contributed by atoms with van der Waals surface area (Å²) >= 11 is 6.04. The molecule has 27 heavy (non-hydrogen) atoms. The van der Waals surface area contributed by atoms with Crippen molar-refractivity contribution in [2.24, 2.45) is 0 Å². The highest BCUT2D eigenvalue weighted by atomic mass is 35.5. The number of hydrogen-bond acceptors (Lipinski definition) is 3. The summed E-state index contributed by atoms with van der Waals surface area (Å²) < 4.78 is 7.79. The molecule has 0 radical (unpaired) electrons. The van der Waals surface area contributed by atoms with Crippen LogP contribution in [0.3, 0.4) is 0 Å². The van der Waals surface area contributed by atoms with Crippen LogP contribution in [0.5, 0.6) is 5.75 Å². The van der Waals surface area contributed by atoms with Crippen molar-refractivity contribution in [2.45, 2.75) is 19.4 Å². The normalized spacial score (nSPS) is 15.0. The molecule has 4 rings (SSSR count). The molecule has 0 bridgehead atoms. The van der Waals surface area contributed by atoms with Crippen LogP contribution in [0, 0.1) is 0 Å². The summed E-state index contributed by atoms with van der Waals surface area (Å²) in [5.74, 6) is 0.880. The van der Waals surface area contributed by atoms with E-state index in [1.165, 1.54) is 0 Å². The van der Waals surface area contributed by atoms with Crippen molar-refractivity contribution < 1.29 is 9.53 Å². The van der Waals surface area contributed by atoms with Gasteiger partial charge in [0.25, 0.3) is 0 Å². The molecule has 0 saturated carbocycles. The van der Waals surface area contributed by atoms with Crippen LogP contribution in [0.4, 0.5) is 0 Å². The zero-order valence-corrected chi connectivity index (χ0v) is 15.5. The van der Waals surface area contributed by atoms with Gasteiger partial charge in [0, 0.05) is 28.6 Å². The number of rotatable bonds is 5. The zero-order valence-electron chi connectivity index (χ0n) is 14.8. The summed E-state index contributed by atoms with van der Waals surface area (Å²) in [4.78, 5) is 16.8. The molecule has 0 unspecified atom stereocenters. The smallest absolute Gasteiger partial charge is 0.189 e. The summed E-state index contributed by atoms with van der Waals surface area (Å²) in [6.07, 6.45) is 8.90. The molecule has 1 aromatic heterocycles. The first-order valence-corrected chi connectivity index (χ1v) is 9.29. The third-order valence-electron chi connectivity index (χ3n) is 4.64. The van der Waals surface area contributed by atoms with Gasteiger partial charge in [-0.3, -0.25) is 4.79 Å². The molecule has 0 fully saturated rings. The van der Waals surface area contributed by atoms with Gasteiger partial charge in [0.2, 0.25) is 0 Å². The number of nitrogens with zero attached hydrogens (tertiary/aromatic N) is 2. The Morgan fingerprint density at radius 2 is 2.11 bits per heavy atom. The minimum atomic E-state index is 0.0844. The van der Waals surface area contributed by atoms with E-state index in [-0.39, 0.29) is 5.78 Å². The van der Waals surface area contributed by atoms with Crippen molar-refractivity contribution >= 4 is 23.5 Å². The Morgan fingerprint density at radius 1 is 1.19 bits per heavy atom. The molecule has 0 saturated heterocycles. The van der Waals surface area contributed by atoms with Crippen LogP contribution < -0.4 is 4.74 Å². The average molecular weight is 379 g/mol. The highest BCUT2D eigenvalue weighted by molar-refractivity contribution is 6.30. The minimum absolute atomic E-state index is 0.0844. The lowest BCUT2D eigenvalue weighted by atomic mass is 9.86. The fraction of sp³-hybridized carbons (Fsp3) is 0.182. The highest BCUT2D eigenvalue weighted by Gasteiger charge is 2.22. The summed E-state index contributed by atoms with van der Waals surface area (Å²) in [7, 11) is 0. The maximum atomic E-state index is 12.8. The number of halogens is 1. The molecule has 5 heteroatoms. The Labute approximate surface area is 163 Å². The number of imidazole rings is 1. The molecular formula is C22H19ClN2O2. The third kappa shape index (κ3) is 4.12. The Morgan fingerprint density at radius 3 is 2.93 bits per heavy atom. The van der Waals surface area contributed by atoms with Crippen LogP contribution in [-0.2, 0) is 13.0 Å². The summed E-state index contributed by atoms with van der Waals surface area (Å²) in [6.45, 7) is 1.30. The fourth-order valence-corrected chi connectivity index (χ4v) is 3.47. The second kappa shape index (κ2) is 7.80. The topological polar surface area (TPSA) is 44.1 Å². The van der Waals surface area contributed by atoms with E-state index in [9.17, 15) is 4.79 Å². The van der Waals surface area contributed by atoms with Crippen LogP contribution in [0.1, 0.15) is 27.9 Å². The van der Waals surface area contributed by atoms with Gasteiger partial charge in [0.15, 0.2) is 5.78 Å². The van der Waals surface area contributed by atoms with E-state index in [4.69, 9.17) is 16.3 Å². The number of allylic oxidation sites excluding steroid dienone is 1. The number of aromatic nitrogens is 2. The molecule has 0 aliphatic heterocycles. The number of benzene rings is 2. The molecule has 1 aliphatic rings. The summed E-state index contributed by atoms with van der Waals surface area (Å²) in [6, 6.07) is 13.3. The number of aryl methyl sites for hydroxylation is 1. The number of hydrogen-bond donors (Lipinski definition) is 0. The molecular weight excluding hydrogens is 360 g/mol. The van der Waals surface area contributed by atoms with Crippen LogP contribution in [-0.4, -0.2) is 21.9 Å². The van der Waals surface area contributed by atoms with E-state index in [2.05, 4.69) is 4.98 Å². The van der Waals surface area contributed by atoms with Gasteiger partial charge in [-0.1, -0.05) is 23.7 Å². The molecule has 3 aromatic rings. The molecule has 4 nitrogen and oxygen atoms in total. The molecule has 1 heterocycles. The first-order valence-electron chi connectivity index (χ1n) is 8.91. The third-order valence-corrected chi connectivity index (χ3v) is 4.88. The molecule has 136 valence electrons. The van der Waals surface area contributed by atoms with E-state index in [1.807, 2.05) is 59.3 Å². The molecule has 1 aliphatic carbocycles. The van der Waals surface area contributed by atoms with E-state index in [1.54, 1.807) is 12.5 Å². The van der Waals surface area contributed by atoms with Crippen LogP contribution in [0.15, 0.2) is 66.8 Å². The maximum absolute atomic E-state index is 12.8. The van der Waals surface area contributed by atoms with Gasteiger partial charge in [0.05, 0.1) is 12.9 Å². The number of ketones is 1. The van der Waals surface area contributed by atoms with Crippen molar-refractivity contribution in [3.8, 4) is 5.75 Å². The van der Waals surface area contributed by atoms with Crippen molar-refractivity contribution in [1.29, 1.82) is 0 Å². The number of fused-ring (bicyclic) bond motifs is 1. The minimum Gasteiger partial charge on any atom is -0.492 e. The predicted octanol–water partition coefficient (Wildman–Crippen LogP) is 4.83. The second-order valence-corrected chi connectivity index (χ2v) is 6.96. The highest BCUT2D eigenvalue weighted by Crippen LogP contribution is 2.29. The van der Waals surface area contributed by atoms with Gasteiger partial charge >= 0.3 is 0 Å². The van der Waals surface area contributed by atoms with E-state index >= 15 is 0 Å². The summed E-state index contributed by atoms with van der Waals surface area (Å²) in [5, 5.41) is 0.672. The van der Waals surface area contributed by atoms with E-state index in [0.717, 1.165) is 47.4 Å². The van der Waals surface area contributed by atoms with Crippen molar-refractivity contribution in [3.05, 3.63) is 88.5 Å². The average Bonchev–Trinajstić information content (AvgIpc) is 3.18. The zero-order chi connectivity index (χ0) is 18.6. The van der Waals surface area contributed by atoms with Gasteiger partial charge in [-0.05, 0) is 60.4 Å². The Hall–Kier alpha value is -2.85. The second-order valence-electron chi connectivity index (χ2n) is 6.52. The first-order chi connectivity index (χ1) is 13.2. The van der Waals surface area contributed by atoms with Gasteiger partial charge in [0.1, 0.15) is 12.4 Å². The number of carbonyl (C=O) groups is 1. The van der Waals surface area contributed by atoms with Crippen molar-refractivity contribution in [2.75, 3.05) is 6.61 Å². The van der Waals surface area contributed by atoms with E-state index < -0.39 is 0 Å². The lowest BCUT2D eigenvalue weighted by Crippen LogP contribution is -2.14.